The predicted molar refractivity (Wildman–Crippen MR) is 63.4 cm³/mol. The van der Waals surface area contributed by atoms with Gasteiger partial charge in [0, 0.05) is 6.42 Å². The Morgan fingerprint density at radius 1 is 1.53 bits per heavy atom. The van der Waals surface area contributed by atoms with Crippen molar-refractivity contribution >= 4 is 40.7 Å². The molecule has 0 aliphatic rings. The lowest BCUT2D eigenvalue weighted by molar-refractivity contribution is -0.124. The zero-order valence-electron chi connectivity index (χ0n) is 8.77. The van der Waals surface area contributed by atoms with E-state index < -0.39 is 15.9 Å². The second kappa shape index (κ2) is 6.79. The molecular weight excluding hydrogens is 260 g/mol. The molecule has 0 fully saturated rings. The number of halogens is 3. The number of alkyl halides is 3. The van der Waals surface area contributed by atoms with Crippen LogP contribution in [-0.2, 0) is 4.79 Å². The van der Waals surface area contributed by atoms with Gasteiger partial charge in [-0.05, 0) is 13.3 Å². The summed E-state index contributed by atoms with van der Waals surface area (Å²) in [6.07, 6.45) is 0.640. The second-order valence-electron chi connectivity index (χ2n) is 3.36. The molecule has 0 heterocycles. The maximum absolute atomic E-state index is 11.3. The first-order chi connectivity index (χ1) is 6.82. The Morgan fingerprint density at radius 3 is 2.47 bits per heavy atom. The fraction of sp³-hybridized carbons (Fsp3) is 0.889. The van der Waals surface area contributed by atoms with Crippen molar-refractivity contribution < 1.29 is 9.90 Å². The minimum absolute atomic E-state index is 0.285. The molecule has 0 spiro atoms. The molecule has 1 amide bonds. The van der Waals surface area contributed by atoms with E-state index in [1.807, 2.05) is 6.92 Å². The van der Waals surface area contributed by atoms with Gasteiger partial charge in [-0.3, -0.25) is 4.79 Å². The standard InChI is InChI=1S/C9H16Cl3NO2/c1-3-4-5-7(14)13-8(15)9(11,12)6(2)10/h6,8,15H,3-5H2,1-2H3,(H,13,14)/t6-,8+/m1/s1. The van der Waals surface area contributed by atoms with Crippen molar-refractivity contribution in [3.8, 4) is 0 Å². The van der Waals surface area contributed by atoms with Crippen LogP contribution in [0.3, 0.4) is 0 Å². The zero-order valence-corrected chi connectivity index (χ0v) is 11.0. The quantitative estimate of drug-likeness (QED) is 0.578. The van der Waals surface area contributed by atoms with Crippen LogP contribution in [0.25, 0.3) is 0 Å². The van der Waals surface area contributed by atoms with Gasteiger partial charge in [0.15, 0.2) is 10.6 Å². The normalized spacial score (nSPS) is 15.9. The van der Waals surface area contributed by atoms with E-state index in [1.165, 1.54) is 0 Å². The van der Waals surface area contributed by atoms with Crippen LogP contribution in [0.1, 0.15) is 33.1 Å². The molecule has 15 heavy (non-hydrogen) atoms. The van der Waals surface area contributed by atoms with Crippen LogP contribution in [-0.4, -0.2) is 27.0 Å². The van der Waals surface area contributed by atoms with E-state index in [-0.39, 0.29) is 5.91 Å². The number of rotatable bonds is 6. The molecule has 0 saturated heterocycles. The molecule has 0 aromatic rings. The molecule has 90 valence electrons. The number of carbonyl (C=O) groups excluding carboxylic acids is 1. The molecular formula is C9H16Cl3NO2. The van der Waals surface area contributed by atoms with E-state index in [4.69, 9.17) is 34.8 Å². The van der Waals surface area contributed by atoms with Crippen LogP contribution < -0.4 is 5.32 Å². The number of hydrogen-bond donors (Lipinski definition) is 2. The molecule has 2 atom stereocenters. The summed E-state index contributed by atoms with van der Waals surface area (Å²) in [7, 11) is 0. The summed E-state index contributed by atoms with van der Waals surface area (Å²) >= 11 is 17.2. The van der Waals surface area contributed by atoms with Crippen molar-refractivity contribution in [3.63, 3.8) is 0 Å². The molecule has 3 nitrogen and oxygen atoms in total. The molecule has 6 heteroatoms. The van der Waals surface area contributed by atoms with Crippen molar-refractivity contribution in [3.05, 3.63) is 0 Å². The Balaban J connectivity index is 4.12. The van der Waals surface area contributed by atoms with Gasteiger partial charge in [0.25, 0.3) is 0 Å². The highest BCUT2D eigenvalue weighted by Gasteiger charge is 2.39. The monoisotopic (exact) mass is 275 g/mol. The maximum atomic E-state index is 11.3. The maximum Gasteiger partial charge on any atom is 0.222 e. The van der Waals surface area contributed by atoms with Crippen LogP contribution >= 0.6 is 34.8 Å². The predicted octanol–water partition coefficient (Wildman–Crippen LogP) is 2.41. The Kier molecular flexibility index (Phi) is 6.93. The van der Waals surface area contributed by atoms with E-state index in [0.717, 1.165) is 12.8 Å². The molecule has 0 unspecified atom stereocenters. The van der Waals surface area contributed by atoms with E-state index in [1.54, 1.807) is 6.92 Å². The minimum atomic E-state index is -1.58. The Labute approximate surface area is 105 Å². The summed E-state index contributed by atoms with van der Waals surface area (Å²) in [6, 6.07) is 0. The van der Waals surface area contributed by atoms with Crippen molar-refractivity contribution in [2.24, 2.45) is 0 Å². The molecule has 2 N–H and O–H groups in total. The van der Waals surface area contributed by atoms with E-state index >= 15 is 0 Å². The first-order valence-electron chi connectivity index (χ1n) is 4.81. The van der Waals surface area contributed by atoms with Gasteiger partial charge in [-0.1, -0.05) is 36.5 Å². The van der Waals surface area contributed by atoms with Gasteiger partial charge in [0.1, 0.15) is 0 Å². The number of amides is 1. The van der Waals surface area contributed by atoms with Gasteiger partial charge in [-0.15, -0.1) is 11.6 Å². The summed E-state index contributed by atoms with van der Waals surface area (Å²) in [5.41, 5.74) is 0. The topological polar surface area (TPSA) is 49.3 Å². The zero-order chi connectivity index (χ0) is 12.1. The van der Waals surface area contributed by atoms with Crippen LogP contribution in [0.4, 0.5) is 0 Å². The van der Waals surface area contributed by atoms with Crippen LogP contribution in [0.15, 0.2) is 0 Å². The van der Waals surface area contributed by atoms with Crippen molar-refractivity contribution in [1.29, 1.82) is 0 Å². The first-order valence-corrected chi connectivity index (χ1v) is 6.00. The number of aliphatic hydroxyl groups is 1. The third kappa shape index (κ3) is 5.25. The molecule has 0 aliphatic carbocycles. The molecule has 0 aliphatic heterocycles. The van der Waals surface area contributed by atoms with Crippen molar-refractivity contribution in [2.75, 3.05) is 0 Å². The van der Waals surface area contributed by atoms with Gasteiger partial charge < -0.3 is 10.4 Å². The van der Waals surface area contributed by atoms with Crippen molar-refractivity contribution in [2.45, 2.75) is 49.0 Å². The highest BCUT2D eigenvalue weighted by molar-refractivity contribution is 6.52. The number of carbonyl (C=O) groups is 1. The number of hydrogen-bond acceptors (Lipinski definition) is 2. The number of nitrogens with one attached hydrogen (secondary N) is 1. The molecule has 0 aromatic carbocycles. The summed E-state index contributed by atoms with van der Waals surface area (Å²) in [4.78, 5) is 11.3. The van der Waals surface area contributed by atoms with Crippen molar-refractivity contribution in [1.82, 2.24) is 5.32 Å². The SMILES string of the molecule is CCCCC(=O)N[C@@H](O)C(Cl)(Cl)[C@@H](C)Cl. The van der Waals surface area contributed by atoms with Gasteiger partial charge >= 0.3 is 0 Å². The van der Waals surface area contributed by atoms with E-state index in [2.05, 4.69) is 5.32 Å². The largest absolute Gasteiger partial charge is 0.370 e. The number of aliphatic hydroxyl groups excluding tert-OH is 1. The van der Waals surface area contributed by atoms with Gasteiger partial charge in [-0.2, -0.15) is 0 Å². The second-order valence-corrected chi connectivity index (χ2v) is 5.46. The van der Waals surface area contributed by atoms with Crippen LogP contribution in [0.2, 0.25) is 0 Å². The number of unbranched alkanes of at least 4 members (excludes halogenated alkanes) is 1. The Morgan fingerprint density at radius 2 is 2.07 bits per heavy atom. The summed E-state index contributed by atoms with van der Waals surface area (Å²) < 4.78 is -1.58. The fourth-order valence-electron chi connectivity index (χ4n) is 0.876. The van der Waals surface area contributed by atoms with Gasteiger partial charge in [-0.25, -0.2) is 0 Å². The molecule has 0 bridgehead atoms. The lowest BCUT2D eigenvalue weighted by Gasteiger charge is -2.28. The highest BCUT2D eigenvalue weighted by Crippen LogP contribution is 2.31. The first kappa shape index (κ1) is 15.3. The van der Waals surface area contributed by atoms with E-state index in [9.17, 15) is 9.90 Å². The van der Waals surface area contributed by atoms with Gasteiger partial charge in [0.05, 0.1) is 5.38 Å². The Hall–Kier alpha value is 0.300. The van der Waals surface area contributed by atoms with Crippen LogP contribution in [0.5, 0.6) is 0 Å². The highest BCUT2D eigenvalue weighted by atomic mass is 35.5. The molecule has 0 saturated carbocycles. The third-order valence-corrected chi connectivity index (χ3v) is 3.59. The average Bonchev–Trinajstić information content (AvgIpc) is 2.14. The average molecular weight is 277 g/mol. The lowest BCUT2D eigenvalue weighted by atomic mass is 10.2. The summed E-state index contributed by atoms with van der Waals surface area (Å²) in [5, 5.41) is 11.2. The smallest absolute Gasteiger partial charge is 0.222 e. The Bertz CT molecular complexity index is 210. The van der Waals surface area contributed by atoms with E-state index in [0.29, 0.717) is 6.42 Å². The summed E-state index contributed by atoms with van der Waals surface area (Å²) in [5.74, 6) is -0.285. The summed E-state index contributed by atoms with van der Waals surface area (Å²) in [6.45, 7) is 3.51. The molecule has 0 aromatic heterocycles. The van der Waals surface area contributed by atoms with Crippen LogP contribution in [0, 0.1) is 0 Å². The van der Waals surface area contributed by atoms with Gasteiger partial charge in [0.2, 0.25) is 5.91 Å². The fourth-order valence-corrected chi connectivity index (χ4v) is 1.10. The lowest BCUT2D eigenvalue weighted by Crippen LogP contribution is -2.50. The minimum Gasteiger partial charge on any atom is -0.370 e. The molecule has 0 rings (SSSR count). The third-order valence-electron chi connectivity index (χ3n) is 1.95. The molecule has 0 radical (unpaired) electrons.